The molecule has 0 bridgehead atoms. The minimum absolute atomic E-state index is 0.0454. The summed E-state index contributed by atoms with van der Waals surface area (Å²) >= 11 is 0. The summed E-state index contributed by atoms with van der Waals surface area (Å²) in [5.74, 6) is 5.28. The maximum Gasteiger partial charge on any atom is 0.306 e. The highest BCUT2D eigenvalue weighted by molar-refractivity contribution is 5.69. The average Bonchev–Trinajstić information content (AvgIpc) is 3.70. The van der Waals surface area contributed by atoms with Crippen LogP contribution in [0.15, 0.2) is 23.8 Å². The van der Waals surface area contributed by atoms with E-state index < -0.39 is 0 Å². The van der Waals surface area contributed by atoms with Crippen molar-refractivity contribution in [2.24, 2.45) is 46.3 Å². The lowest BCUT2D eigenvalue weighted by atomic mass is 9.47. The molecule has 3 heteroatoms. The number of fused-ring (bicyclic) bond motifs is 5. The number of epoxide rings is 1. The predicted octanol–water partition coefficient (Wildman–Crippen LogP) is 13.0. The fourth-order valence-electron chi connectivity index (χ4n) is 11.6. The molecule has 5 aliphatic rings. The van der Waals surface area contributed by atoms with Gasteiger partial charge in [0.25, 0.3) is 0 Å². The molecule has 0 radical (unpaired) electrons. The van der Waals surface area contributed by atoms with E-state index in [0.717, 1.165) is 67.6 Å². The van der Waals surface area contributed by atoms with Crippen LogP contribution in [0.4, 0.5) is 0 Å². The smallest absolute Gasteiger partial charge is 0.306 e. The van der Waals surface area contributed by atoms with Gasteiger partial charge in [-0.3, -0.25) is 4.79 Å². The van der Waals surface area contributed by atoms with Gasteiger partial charge in [-0.05, 0) is 123 Å². The average molecular weight is 665 g/mol. The monoisotopic (exact) mass is 665 g/mol. The highest BCUT2D eigenvalue weighted by atomic mass is 16.6. The Kier molecular flexibility index (Phi) is 14.2. The van der Waals surface area contributed by atoms with Crippen molar-refractivity contribution >= 4 is 5.97 Å². The Morgan fingerprint density at radius 1 is 0.896 bits per heavy atom. The molecule has 0 aromatic heterocycles. The third-order valence-corrected chi connectivity index (χ3v) is 14.6. The minimum Gasteiger partial charge on any atom is -0.462 e. The van der Waals surface area contributed by atoms with Crippen LogP contribution >= 0.6 is 0 Å². The zero-order valence-electron chi connectivity index (χ0n) is 32.4. The number of carbonyl (C=O) groups is 1. The zero-order valence-corrected chi connectivity index (χ0v) is 32.4. The lowest BCUT2D eigenvalue weighted by Crippen LogP contribution is -2.51. The largest absolute Gasteiger partial charge is 0.462 e. The molecule has 0 spiro atoms. The van der Waals surface area contributed by atoms with Gasteiger partial charge in [0, 0.05) is 12.8 Å². The Morgan fingerprint density at radius 2 is 1.71 bits per heavy atom. The molecule has 0 aromatic carbocycles. The van der Waals surface area contributed by atoms with Gasteiger partial charge in [0.15, 0.2) is 0 Å². The van der Waals surface area contributed by atoms with Crippen molar-refractivity contribution in [1.82, 2.24) is 0 Å². The molecule has 3 saturated carbocycles. The van der Waals surface area contributed by atoms with E-state index in [1.54, 1.807) is 5.57 Å². The molecule has 5 rings (SSSR count). The van der Waals surface area contributed by atoms with E-state index >= 15 is 0 Å². The number of unbranched alkanes of at least 4 members (excludes halogenated alkanes) is 7. The topological polar surface area (TPSA) is 38.8 Å². The molecule has 48 heavy (non-hydrogen) atoms. The molecule has 3 nitrogen and oxygen atoms in total. The van der Waals surface area contributed by atoms with E-state index in [4.69, 9.17) is 9.47 Å². The Balaban J connectivity index is 0.963. The number of hydrogen-bond acceptors (Lipinski definition) is 3. The van der Waals surface area contributed by atoms with Crippen LogP contribution in [0.1, 0.15) is 189 Å². The van der Waals surface area contributed by atoms with Gasteiger partial charge in [0.1, 0.15) is 6.10 Å². The van der Waals surface area contributed by atoms with Gasteiger partial charge in [-0.15, -0.1) is 0 Å². The molecular weight excluding hydrogens is 588 g/mol. The molecule has 1 aliphatic heterocycles. The standard InChI is InChI=1S/C45H76O3/c1-7-8-15-21-41-42(48-41)22-16-13-11-9-10-12-14-17-23-43(46)47-36-28-30-44(5)35(32-36)24-25-37-39-27-26-38(34(4)20-18-19-33(2)3)45(39,6)31-29-40(37)44/h13,16,24,33-34,36-42H,7-12,14-15,17-23,25-32H2,1-6H3/b16-13-/t34-,36+,37+,38-,39+,40+,41?,42?,44+,45-/m1/s1. The normalized spacial score (nSPS) is 36.4. The highest BCUT2D eigenvalue weighted by Gasteiger charge is 2.59. The van der Waals surface area contributed by atoms with Crippen molar-refractivity contribution in [3.63, 3.8) is 0 Å². The van der Waals surface area contributed by atoms with E-state index in [1.807, 2.05) is 0 Å². The van der Waals surface area contributed by atoms with Crippen molar-refractivity contribution < 1.29 is 14.3 Å². The lowest BCUT2D eigenvalue weighted by molar-refractivity contribution is -0.151. The molecule has 1 saturated heterocycles. The van der Waals surface area contributed by atoms with Crippen molar-refractivity contribution in [1.29, 1.82) is 0 Å². The van der Waals surface area contributed by atoms with Crippen LogP contribution in [0.5, 0.6) is 0 Å². The van der Waals surface area contributed by atoms with Crippen LogP contribution in [0.3, 0.4) is 0 Å². The third-order valence-electron chi connectivity index (χ3n) is 14.6. The molecule has 2 unspecified atom stereocenters. The second-order valence-corrected chi connectivity index (χ2v) is 18.4. The molecule has 0 amide bonds. The first-order valence-corrected chi connectivity index (χ1v) is 21.3. The molecule has 4 fully saturated rings. The van der Waals surface area contributed by atoms with Gasteiger partial charge < -0.3 is 9.47 Å². The van der Waals surface area contributed by atoms with E-state index in [9.17, 15) is 4.79 Å². The molecule has 1 heterocycles. The van der Waals surface area contributed by atoms with Gasteiger partial charge in [-0.25, -0.2) is 0 Å². The SMILES string of the molecule is CCCCCC1OC1C/C=C\CCCCCCCC(=O)O[C@H]1CC[C@@]2(C)C(=CC[C@H]3[C@@H]4CC[C@H]([C@H](C)CCCC(C)C)[C@@]4(C)CC[C@@H]32)C1. The number of allylic oxidation sites excluding steroid dienone is 2. The number of ether oxygens (including phenoxy) is 2. The summed E-state index contributed by atoms with van der Waals surface area (Å²) in [6, 6.07) is 0. The van der Waals surface area contributed by atoms with Crippen LogP contribution in [-0.2, 0) is 14.3 Å². The summed E-state index contributed by atoms with van der Waals surface area (Å²) in [4.78, 5) is 12.8. The molecule has 10 atom stereocenters. The maximum atomic E-state index is 12.8. The van der Waals surface area contributed by atoms with E-state index in [1.165, 1.54) is 109 Å². The molecule has 4 aliphatic carbocycles. The molecule has 0 N–H and O–H groups in total. The van der Waals surface area contributed by atoms with Crippen LogP contribution < -0.4 is 0 Å². The van der Waals surface area contributed by atoms with Gasteiger partial charge in [-0.1, -0.05) is 123 Å². The van der Waals surface area contributed by atoms with Crippen LogP contribution in [-0.4, -0.2) is 24.3 Å². The fourth-order valence-corrected chi connectivity index (χ4v) is 11.6. The molecular formula is C45H76O3. The van der Waals surface area contributed by atoms with Gasteiger partial charge in [0.2, 0.25) is 0 Å². The summed E-state index contributed by atoms with van der Waals surface area (Å²) in [6.07, 6.45) is 36.9. The molecule has 274 valence electrons. The minimum atomic E-state index is 0.0454. The van der Waals surface area contributed by atoms with Crippen molar-refractivity contribution in [3.8, 4) is 0 Å². The Morgan fingerprint density at radius 3 is 2.52 bits per heavy atom. The summed E-state index contributed by atoms with van der Waals surface area (Å²) in [5.41, 5.74) is 2.51. The predicted molar refractivity (Wildman–Crippen MR) is 202 cm³/mol. The molecule has 0 aromatic rings. The van der Waals surface area contributed by atoms with Crippen molar-refractivity contribution in [2.45, 2.75) is 208 Å². The number of rotatable bonds is 20. The number of carbonyl (C=O) groups excluding carboxylic acids is 1. The van der Waals surface area contributed by atoms with Gasteiger partial charge in [0.05, 0.1) is 12.2 Å². The van der Waals surface area contributed by atoms with Crippen LogP contribution in [0.2, 0.25) is 0 Å². The second kappa shape index (κ2) is 17.9. The second-order valence-electron chi connectivity index (χ2n) is 18.4. The van der Waals surface area contributed by atoms with Crippen LogP contribution in [0, 0.1) is 46.3 Å². The fraction of sp³-hybridized carbons (Fsp3) is 0.889. The summed E-state index contributed by atoms with van der Waals surface area (Å²) in [5, 5.41) is 0. The first-order valence-electron chi connectivity index (χ1n) is 21.3. The van der Waals surface area contributed by atoms with Gasteiger partial charge in [-0.2, -0.15) is 0 Å². The quantitative estimate of drug-likeness (QED) is 0.0563. The summed E-state index contributed by atoms with van der Waals surface area (Å²) < 4.78 is 11.9. The zero-order chi connectivity index (χ0) is 34.1. The third kappa shape index (κ3) is 9.61. The maximum absolute atomic E-state index is 12.8. The van der Waals surface area contributed by atoms with E-state index in [2.05, 4.69) is 59.8 Å². The van der Waals surface area contributed by atoms with Crippen molar-refractivity contribution in [3.05, 3.63) is 23.8 Å². The first kappa shape index (κ1) is 38.1. The highest BCUT2D eigenvalue weighted by Crippen LogP contribution is 2.67. The Labute approximate surface area is 297 Å². The van der Waals surface area contributed by atoms with E-state index in [0.29, 0.717) is 29.5 Å². The van der Waals surface area contributed by atoms with E-state index in [-0.39, 0.29) is 12.1 Å². The van der Waals surface area contributed by atoms with Gasteiger partial charge >= 0.3 is 5.97 Å². The lowest BCUT2D eigenvalue weighted by Gasteiger charge is -2.58. The Hall–Kier alpha value is -1.09. The number of esters is 1. The first-order chi connectivity index (χ1) is 23.2. The summed E-state index contributed by atoms with van der Waals surface area (Å²) in [7, 11) is 0. The Bertz CT molecular complexity index is 1060. The summed E-state index contributed by atoms with van der Waals surface area (Å²) in [6.45, 7) is 14.9. The number of hydrogen-bond donors (Lipinski definition) is 0. The van der Waals surface area contributed by atoms with Crippen molar-refractivity contribution in [2.75, 3.05) is 0 Å². The van der Waals surface area contributed by atoms with Crippen LogP contribution in [0.25, 0.3) is 0 Å².